The largest absolute Gasteiger partial charge is 0.313 e. The van der Waals surface area contributed by atoms with Gasteiger partial charge >= 0.3 is 0 Å². The molecule has 2 rings (SSSR count). The lowest BCUT2D eigenvalue weighted by atomic mass is 10.0. The van der Waals surface area contributed by atoms with Gasteiger partial charge in [0.2, 0.25) is 0 Å². The Morgan fingerprint density at radius 1 is 1.39 bits per heavy atom. The van der Waals surface area contributed by atoms with Crippen LogP contribution >= 0.6 is 35.6 Å². The van der Waals surface area contributed by atoms with E-state index in [2.05, 4.69) is 11.9 Å². The Morgan fingerprint density at radius 3 is 2.72 bits per heavy atom. The van der Waals surface area contributed by atoms with Crippen LogP contribution in [-0.4, -0.2) is 9.55 Å². The monoisotopic (exact) mass is 302 g/mol. The average Bonchev–Trinajstić information content (AvgIpc) is 2.79. The van der Waals surface area contributed by atoms with Crippen LogP contribution in [-0.2, 0) is 0 Å². The summed E-state index contributed by atoms with van der Waals surface area (Å²) in [4.78, 5) is 4.00. The molecule has 0 saturated heterocycles. The predicted molar refractivity (Wildman–Crippen MR) is 80.4 cm³/mol. The molecule has 0 aliphatic heterocycles. The van der Waals surface area contributed by atoms with Gasteiger partial charge in [0, 0.05) is 28.6 Å². The highest BCUT2D eigenvalue weighted by Crippen LogP contribution is 2.29. The summed E-state index contributed by atoms with van der Waals surface area (Å²) in [5.41, 5.74) is 2.15. The smallest absolute Gasteiger partial charge is 0.0986 e. The lowest BCUT2D eigenvalue weighted by Crippen LogP contribution is -1.89. The van der Waals surface area contributed by atoms with E-state index in [1.165, 1.54) is 0 Å². The molecule has 0 amide bonds. The highest BCUT2D eigenvalue weighted by atomic mass is 35.5. The highest BCUT2D eigenvalue weighted by Gasteiger charge is 2.05. The fourth-order valence-corrected chi connectivity index (χ4v) is 2.16. The fraction of sp³-hybridized carbons (Fsp3) is 0.154. The van der Waals surface area contributed by atoms with Crippen LogP contribution in [0.25, 0.3) is 11.8 Å². The third kappa shape index (κ3) is 3.52. The molecule has 0 bridgehead atoms. The van der Waals surface area contributed by atoms with Gasteiger partial charge in [-0.15, -0.1) is 12.4 Å². The van der Waals surface area contributed by atoms with Crippen molar-refractivity contribution in [2.24, 2.45) is 0 Å². The van der Waals surface area contributed by atoms with Crippen LogP contribution in [0, 0.1) is 0 Å². The molecule has 1 heterocycles. The fourth-order valence-electron chi connectivity index (χ4n) is 1.63. The third-order valence-corrected chi connectivity index (χ3v) is 3.04. The molecule has 2 nitrogen and oxygen atoms in total. The molecular formula is C13H13Cl3N2. The first-order chi connectivity index (χ1) is 8.20. The first-order valence-corrected chi connectivity index (χ1v) is 6.10. The Morgan fingerprint density at radius 2 is 2.17 bits per heavy atom. The van der Waals surface area contributed by atoms with E-state index in [4.69, 9.17) is 23.2 Å². The van der Waals surface area contributed by atoms with E-state index < -0.39 is 0 Å². The van der Waals surface area contributed by atoms with E-state index in [9.17, 15) is 0 Å². The van der Waals surface area contributed by atoms with Gasteiger partial charge in [-0.3, -0.25) is 0 Å². The molecule has 1 aromatic heterocycles. The number of hydrogen-bond acceptors (Lipinski definition) is 1. The van der Waals surface area contributed by atoms with E-state index in [1.54, 1.807) is 18.6 Å². The number of imidazole rings is 1. The molecule has 2 aromatic rings. The SMILES string of the molecule is CCC(=Cn1ccnc1)c1ccc(Cl)cc1Cl.Cl. The minimum absolute atomic E-state index is 0. The predicted octanol–water partition coefficient (Wildman–Crippen LogP) is 5.02. The van der Waals surface area contributed by atoms with Crippen molar-refractivity contribution in [2.45, 2.75) is 13.3 Å². The maximum Gasteiger partial charge on any atom is 0.0986 e. The zero-order chi connectivity index (χ0) is 12.3. The Balaban J connectivity index is 0.00000162. The number of aromatic nitrogens is 2. The van der Waals surface area contributed by atoms with Crippen molar-refractivity contribution in [2.75, 3.05) is 0 Å². The molecule has 96 valence electrons. The van der Waals surface area contributed by atoms with Gasteiger partial charge in [0.05, 0.1) is 6.33 Å². The van der Waals surface area contributed by atoms with Gasteiger partial charge < -0.3 is 4.57 Å². The molecule has 5 heteroatoms. The molecule has 0 aliphatic rings. The van der Waals surface area contributed by atoms with Crippen molar-refractivity contribution < 1.29 is 0 Å². The lowest BCUT2D eigenvalue weighted by molar-refractivity contribution is 1.12. The van der Waals surface area contributed by atoms with Gasteiger partial charge in [-0.2, -0.15) is 0 Å². The second-order valence-electron chi connectivity index (χ2n) is 3.64. The van der Waals surface area contributed by atoms with E-state index in [1.807, 2.05) is 29.1 Å². The summed E-state index contributed by atoms with van der Waals surface area (Å²) >= 11 is 12.1. The van der Waals surface area contributed by atoms with E-state index in [-0.39, 0.29) is 12.4 Å². The quantitative estimate of drug-likeness (QED) is 0.778. The van der Waals surface area contributed by atoms with Gasteiger partial charge in [0.1, 0.15) is 0 Å². The lowest BCUT2D eigenvalue weighted by Gasteiger charge is -2.08. The summed E-state index contributed by atoms with van der Waals surface area (Å²) in [5.74, 6) is 0. The van der Waals surface area contributed by atoms with Crippen molar-refractivity contribution in [3.8, 4) is 0 Å². The van der Waals surface area contributed by atoms with E-state index in [0.717, 1.165) is 17.6 Å². The summed E-state index contributed by atoms with van der Waals surface area (Å²) in [6.07, 6.45) is 8.29. The van der Waals surface area contributed by atoms with Gasteiger partial charge in [-0.05, 0) is 29.7 Å². The Labute approximate surface area is 123 Å². The molecule has 0 aliphatic carbocycles. The maximum absolute atomic E-state index is 6.19. The van der Waals surface area contributed by atoms with Crippen LogP contribution in [0.3, 0.4) is 0 Å². The first kappa shape index (κ1) is 15.1. The first-order valence-electron chi connectivity index (χ1n) is 5.34. The minimum Gasteiger partial charge on any atom is -0.313 e. The van der Waals surface area contributed by atoms with Crippen molar-refractivity contribution in [1.29, 1.82) is 0 Å². The number of halogens is 3. The number of nitrogens with zero attached hydrogens (tertiary/aromatic N) is 2. The average molecular weight is 304 g/mol. The topological polar surface area (TPSA) is 17.8 Å². The summed E-state index contributed by atoms with van der Waals surface area (Å²) in [6, 6.07) is 5.55. The number of hydrogen-bond donors (Lipinski definition) is 0. The van der Waals surface area contributed by atoms with Crippen molar-refractivity contribution in [3.05, 3.63) is 52.5 Å². The zero-order valence-corrected chi connectivity index (χ0v) is 12.1. The molecule has 0 spiro atoms. The van der Waals surface area contributed by atoms with Gasteiger partial charge in [0.25, 0.3) is 0 Å². The molecular weight excluding hydrogens is 291 g/mol. The molecule has 0 atom stereocenters. The normalized spacial score (nSPS) is 11.2. The molecule has 0 unspecified atom stereocenters. The van der Waals surface area contributed by atoms with Gasteiger partial charge in [-0.25, -0.2) is 4.98 Å². The second kappa shape index (κ2) is 6.83. The molecule has 0 N–H and O–H groups in total. The number of rotatable bonds is 3. The Kier molecular flexibility index (Phi) is 5.73. The standard InChI is InChI=1S/C13H12Cl2N2.ClH/c1-2-10(8-17-6-5-16-9-17)12-4-3-11(14)7-13(12)15;/h3-9H,2H2,1H3;1H. The number of allylic oxidation sites excluding steroid dienone is 1. The molecule has 1 aromatic carbocycles. The van der Waals surface area contributed by atoms with Gasteiger partial charge in [-0.1, -0.05) is 36.2 Å². The van der Waals surface area contributed by atoms with E-state index >= 15 is 0 Å². The Hall–Kier alpha value is -0.960. The van der Waals surface area contributed by atoms with Crippen LogP contribution in [0.15, 0.2) is 36.9 Å². The van der Waals surface area contributed by atoms with Crippen LogP contribution in [0.5, 0.6) is 0 Å². The Bertz CT molecular complexity index is 533. The molecule has 0 saturated carbocycles. The molecule has 0 radical (unpaired) electrons. The van der Waals surface area contributed by atoms with E-state index in [0.29, 0.717) is 10.0 Å². The third-order valence-electron chi connectivity index (χ3n) is 2.49. The summed E-state index contributed by atoms with van der Waals surface area (Å²) in [6.45, 7) is 2.09. The van der Waals surface area contributed by atoms with Crippen LogP contribution in [0.1, 0.15) is 18.9 Å². The summed E-state index contributed by atoms with van der Waals surface area (Å²) in [5, 5.41) is 1.32. The maximum atomic E-state index is 6.19. The molecule has 0 fully saturated rings. The van der Waals surface area contributed by atoms with Crippen molar-refractivity contribution >= 4 is 47.4 Å². The molecule has 18 heavy (non-hydrogen) atoms. The number of benzene rings is 1. The van der Waals surface area contributed by atoms with Crippen LogP contribution < -0.4 is 0 Å². The van der Waals surface area contributed by atoms with Crippen molar-refractivity contribution in [1.82, 2.24) is 9.55 Å². The van der Waals surface area contributed by atoms with Crippen LogP contribution in [0.4, 0.5) is 0 Å². The highest BCUT2D eigenvalue weighted by molar-refractivity contribution is 6.35. The summed E-state index contributed by atoms with van der Waals surface area (Å²) < 4.78 is 1.91. The zero-order valence-electron chi connectivity index (χ0n) is 9.81. The van der Waals surface area contributed by atoms with Crippen LogP contribution in [0.2, 0.25) is 10.0 Å². The second-order valence-corrected chi connectivity index (χ2v) is 4.49. The minimum atomic E-state index is 0. The summed E-state index contributed by atoms with van der Waals surface area (Å²) in [7, 11) is 0. The van der Waals surface area contributed by atoms with Gasteiger partial charge in [0.15, 0.2) is 0 Å². The van der Waals surface area contributed by atoms with Crippen molar-refractivity contribution in [3.63, 3.8) is 0 Å².